The monoisotopic (exact) mass is 529 g/mol. The van der Waals surface area contributed by atoms with Crippen LogP contribution in [0.15, 0.2) is 90.3 Å². The van der Waals surface area contributed by atoms with Gasteiger partial charge in [-0.2, -0.15) is 0 Å². The van der Waals surface area contributed by atoms with Crippen LogP contribution in [0.5, 0.6) is 0 Å². The summed E-state index contributed by atoms with van der Waals surface area (Å²) in [6, 6.07) is 25.3. The minimum atomic E-state index is -1.82. The Kier molecular flexibility index (Phi) is 7.03. The molecule has 0 aliphatic heterocycles. The molecule has 8 heteroatoms. The Morgan fingerprint density at radius 1 is 0.919 bits per heavy atom. The zero-order chi connectivity index (χ0) is 25.9. The number of carbonyl (C=O) groups excluding carboxylic acids is 2. The highest BCUT2D eigenvalue weighted by molar-refractivity contribution is 7.21. The molecule has 1 unspecified atom stereocenters. The predicted octanol–water partition coefficient (Wildman–Crippen LogP) is 7.35. The molecule has 0 bridgehead atoms. The molecule has 0 aliphatic carbocycles. The molecule has 2 atom stereocenters. The lowest BCUT2D eigenvalue weighted by Gasteiger charge is -2.16. The molecule has 0 saturated heterocycles. The van der Waals surface area contributed by atoms with Crippen molar-refractivity contribution in [2.75, 3.05) is 11.1 Å². The number of nitrogen functional groups attached to an aromatic ring is 1. The Hall–Kier alpha value is -4.01. The van der Waals surface area contributed by atoms with Gasteiger partial charge >= 0.3 is 0 Å². The Bertz CT molecular complexity index is 1570. The highest BCUT2D eigenvalue weighted by atomic mass is 32.1. The third kappa shape index (κ3) is 5.40. The number of carbonyl (C=O) groups is 2. The molecule has 0 saturated carbocycles. The number of anilines is 2. The van der Waals surface area contributed by atoms with E-state index in [1.54, 1.807) is 41.7 Å². The molecule has 2 heterocycles. The van der Waals surface area contributed by atoms with Gasteiger partial charge in [-0.05, 0) is 64.7 Å². The fourth-order valence-corrected chi connectivity index (χ4v) is 5.76. The fraction of sp³-hybridized carbons (Fsp3) is 0.103. The predicted molar refractivity (Wildman–Crippen MR) is 151 cm³/mol. The van der Waals surface area contributed by atoms with Crippen molar-refractivity contribution in [3.8, 4) is 10.4 Å². The van der Waals surface area contributed by atoms with Gasteiger partial charge in [0.15, 0.2) is 0 Å². The number of amides is 2. The van der Waals surface area contributed by atoms with Crippen LogP contribution in [0, 0.1) is 0 Å². The van der Waals surface area contributed by atoms with Crippen molar-refractivity contribution in [2.24, 2.45) is 0 Å². The van der Waals surface area contributed by atoms with Crippen molar-refractivity contribution in [3.63, 3.8) is 0 Å². The van der Waals surface area contributed by atoms with Gasteiger partial charge in [0.2, 0.25) is 6.17 Å². The molecule has 2 amide bonds. The molecule has 5 aromatic rings. The van der Waals surface area contributed by atoms with Gasteiger partial charge in [-0.1, -0.05) is 54.6 Å². The molecule has 0 fully saturated rings. The minimum absolute atomic E-state index is 0.243. The second-order valence-corrected chi connectivity index (χ2v) is 10.7. The van der Waals surface area contributed by atoms with Gasteiger partial charge in [0, 0.05) is 9.58 Å². The zero-order valence-corrected chi connectivity index (χ0v) is 21.5. The molecule has 186 valence electrons. The number of thiophene rings is 2. The summed E-state index contributed by atoms with van der Waals surface area (Å²) in [6.45, 7) is 1.82. The Labute approximate surface area is 221 Å². The Balaban J connectivity index is 1.31. The van der Waals surface area contributed by atoms with E-state index in [2.05, 4.69) is 10.6 Å². The van der Waals surface area contributed by atoms with E-state index >= 15 is 4.39 Å². The fourth-order valence-electron chi connectivity index (χ4n) is 4.02. The molecule has 0 spiro atoms. The maximum Gasteiger partial charge on any atom is 0.265 e. The van der Waals surface area contributed by atoms with E-state index in [1.807, 2.05) is 66.9 Å². The molecular formula is C29H24FN3O2S2. The third-order valence-corrected chi connectivity index (χ3v) is 8.07. The lowest BCUT2D eigenvalue weighted by atomic mass is 10.1. The quantitative estimate of drug-likeness (QED) is 0.193. The molecular weight excluding hydrogens is 505 g/mol. The van der Waals surface area contributed by atoms with Crippen LogP contribution in [0.3, 0.4) is 0 Å². The van der Waals surface area contributed by atoms with Crippen LogP contribution >= 0.6 is 22.7 Å². The van der Waals surface area contributed by atoms with Gasteiger partial charge in [-0.15, -0.1) is 22.7 Å². The van der Waals surface area contributed by atoms with Crippen molar-refractivity contribution < 1.29 is 14.0 Å². The summed E-state index contributed by atoms with van der Waals surface area (Å²) in [6.07, 6.45) is -1.82. The third-order valence-electron chi connectivity index (χ3n) is 6.06. The average Bonchev–Trinajstić information content (AvgIpc) is 3.60. The van der Waals surface area contributed by atoms with Crippen molar-refractivity contribution in [1.29, 1.82) is 0 Å². The van der Waals surface area contributed by atoms with Crippen LogP contribution in [0.2, 0.25) is 0 Å². The van der Waals surface area contributed by atoms with Gasteiger partial charge in [0.1, 0.15) is 0 Å². The smallest absolute Gasteiger partial charge is 0.265 e. The molecule has 5 nitrogen and oxygen atoms in total. The number of nitrogens with one attached hydrogen (secondary N) is 2. The van der Waals surface area contributed by atoms with Crippen molar-refractivity contribution in [1.82, 2.24) is 5.32 Å². The Morgan fingerprint density at radius 2 is 1.73 bits per heavy atom. The second-order valence-electron chi connectivity index (χ2n) is 8.64. The number of alkyl halides is 1. The van der Waals surface area contributed by atoms with Crippen LogP contribution in [-0.4, -0.2) is 11.8 Å². The molecule has 0 radical (unpaired) electrons. The van der Waals surface area contributed by atoms with E-state index < -0.39 is 12.1 Å². The Morgan fingerprint density at radius 3 is 2.49 bits per heavy atom. The zero-order valence-electron chi connectivity index (χ0n) is 19.9. The van der Waals surface area contributed by atoms with E-state index in [0.29, 0.717) is 16.3 Å². The maximum atomic E-state index is 15.1. The summed E-state index contributed by atoms with van der Waals surface area (Å²) < 4.78 is 15.8. The summed E-state index contributed by atoms with van der Waals surface area (Å²) >= 11 is 2.84. The highest BCUT2D eigenvalue weighted by Crippen LogP contribution is 2.33. The number of hydrogen-bond donors (Lipinski definition) is 3. The highest BCUT2D eigenvalue weighted by Gasteiger charge is 2.23. The second kappa shape index (κ2) is 10.5. The van der Waals surface area contributed by atoms with Gasteiger partial charge < -0.3 is 16.4 Å². The van der Waals surface area contributed by atoms with E-state index in [0.717, 1.165) is 26.1 Å². The normalized spacial score (nSPS) is 12.7. The average molecular weight is 530 g/mol. The molecule has 3 aromatic carbocycles. The number of halogens is 1. The van der Waals surface area contributed by atoms with E-state index in [-0.39, 0.29) is 17.5 Å². The van der Waals surface area contributed by atoms with Crippen LogP contribution in [-0.2, 0) is 4.79 Å². The van der Waals surface area contributed by atoms with Crippen molar-refractivity contribution in [3.05, 3.63) is 106 Å². The van der Waals surface area contributed by atoms with Crippen molar-refractivity contribution >= 4 is 55.9 Å². The van der Waals surface area contributed by atoms with Crippen LogP contribution < -0.4 is 16.4 Å². The van der Waals surface area contributed by atoms with Gasteiger partial charge in [0.25, 0.3) is 11.8 Å². The van der Waals surface area contributed by atoms with Gasteiger partial charge in [-0.25, -0.2) is 4.39 Å². The van der Waals surface area contributed by atoms with E-state index in [1.165, 1.54) is 11.3 Å². The number of rotatable bonds is 7. The summed E-state index contributed by atoms with van der Waals surface area (Å²) in [5.74, 6) is -1.00. The number of fused-ring (bicyclic) bond motifs is 1. The minimum Gasteiger partial charge on any atom is -0.397 e. The first kappa shape index (κ1) is 24.7. The van der Waals surface area contributed by atoms with E-state index in [9.17, 15) is 9.59 Å². The summed E-state index contributed by atoms with van der Waals surface area (Å²) in [4.78, 5) is 27.1. The first-order chi connectivity index (χ1) is 17.9. The summed E-state index contributed by atoms with van der Waals surface area (Å²) in [7, 11) is 0. The lowest BCUT2D eigenvalue weighted by Crippen LogP contribution is -2.30. The first-order valence-corrected chi connectivity index (χ1v) is 13.4. The largest absolute Gasteiger partial charge is 0.397 e. The van der Waals surface area contributed by atoms with Crippen LogP contribution in [0.1, 0.15) is 39.9 Å². The number of benzene rings is 3. The van der Waals surface area contributed by atoms with Crippen molar-refractivity contribution in [2.45, 2.75) is 19.1 Å². The first-order valence-electron chi connectivity index (χ1n) is 11.7. The molecule has 0 aliphatic rings. The van der Waals surface area contributed by atoms with Gasteiger partial charge in [0.05, 0.1) is 22.3 Å². The van der Waals surface area contributed by atoms with Gasteiger partial charge in [-0.3, -0.25) is 9.59 Å². The maximum absolute atomic E-state index is 15.1. The lowest BCUT2D eigenvalue weighted by molar-refractivity contribution is -0.126. The number of hydrogen-bond acceptors (Lipinski definition) is 5. The topological polar surface area (TPSA) is 84.2 Å². The summed E-state index contributed by atoms with van der Waals surface area (Å²) in [5.41, 5.74) is 9.21. The van der Waals surface area contributed by atoms with E-state index in [4.69, 9.17) is 5.73 Å². The molecule has 37 heavy (non-hydrogen) atoms. The standard InChI is InChI=1S/C29H24FN3O2S2/c1-17(18-6-3-2-4-7-18)32-29(35)27(30)21-10-9-20-15-26(37-25(20)16-21)28(34)33-23-14-19(11-12-22(23)31)24-8-5-13-36-24/h2-17,27H,31H2,1H3,(H,32,35)(H,33,34)/t17-,27?/m0/s1. The number of nitrogens with two attached hydrogens (primary N) is 1. The molecule has 4 N–H and O–H groups in total. The molecule has 2 aromatic heterocycles. The molecule has 5 rings (SSSR count). The van der Waals surface area contributed by atoms with Crippen LogP contribution in [0.25, 0.3) is 20.5 Å². The summed E-state index contributed by atoms with van der Waals surface area (Å²) in [5, 5.41) is 8.41. The van der Waals surface area contributed by atoms with Crippen LogP contribution in [0.4, 0.5) is 15.8 Å². The SMILES string of the molecule is C[C@H](NC(=O)C(F)c1ccc2cc(C(=O)Nc3cc(-c4cccs4)ccc3N)sc2c1)c1ccccc1.